The third-order valence-corrected chi connectivity index (χ3v) is 2.19. The van der Waals surface area contributed by atoms with E-state index in [-0.39, 0.29) is 11.9 Å². The van der Waals surface area contributed by atoms with Gasteiger partial charge in [0.05, 0.1) is 0 Å². The van der Waals surface area contributed by atoms with Crippen molar-refractivity contribution in [2.75, 3.05) is 13.1 Å². The Kier molecular flexibility index (Phi) is 6.75. The van der Waals surface area contributed by atoms with Crippen molar-refractivity contribution in [2.45, 2.75) is 46.6 Å². The van der Waals surface area contributed by atoms with Gasteiger partial charge in [-0.2, -0.15) is 0 Å². The summed E-state index contributed by atoms with van der Waals surface area (Å²) in [7, 11) is 0. The summed E-state index contributed by atoms with van der Waals surface area (Å²) in [6.07, 6.45) is 0.449. The fourth-order valence-electron chi connectivity index (χ4n) is 1.30. The molecule has 0 unspecified atom stereocenters. The zero-order valence-electron chi connectivity index (χ0n) is 10.1. The smallest absolute Gasteiger partial charge is 0.306 e. The molecule has 0 rings (SSSR count). The quantitative estimate of drug-likeness (QED) is 0.632. The summed E-state index contributed by atoms with van der Waals surface area (Å²) in [5.41, 5.74) is 0. The van der Waals surface area contributed by atoms with Crippen molar-refractivity contribution in [1.82, 2.24) is 4.90 Å². The number of hydrogen-bond donors (Lipinski definition) is 0. The zero-order chi connectivity index (χ0) is 11.8. The molecule has 0 aliphatic rings. The van der Waals surface area contributed by atoms with Gasteiger partial charge < -0.3 is 9.64 Å². The first-order valence-electron chi connectivity index (χ1n) is 5.55. The van der Waals surface area contributed by atoms with Crippen LogP contribution in [0.2, 0.25) is 0 Å². The molecule has 0 spiro atoms. The molecule has 0 N–H and O–H groups in total. The molecule has 1 atom stereocenters. The summed E-state index contributed by atoms with van der Waals surface area (Å²) >= 11 is 0. The first-order valence-corrected chi connectivity index (χ1v) is 5.55. The number of likely N-dealkylation sites (N-methyl/N-ethyl adjacent to an activating group) is 1. The monoisotopic (exact) mass is 215 g/mol. The van der Waals surface area contributed by atoms with Crippen LogP contribution in [0.25, 0.3) is 0 Å². The largest absolute Gasteiger partial charge is 0.453 e. The molecule has 0 bridgehead atoms. The molecule has 4 heteroatoms. The van der Waals surface area contributed by atoms with Crippen LogP contribution in [0.4, 0.5) is 0 Å². The molecule has 0 aromatic carbocycles. The Hall–Kier alpha value is -1.06. The maximum atomic E-state index is 11.7. The molecule has 0 heterocycles. The van der Waals surface area contributed by atoms with Crippen LogP contribution >= 0.6 is 0 Å². The van der Waals surface area contributed by atoms with E-state index in [1.54, 1.807) is 11.8 Å². The Labute approximate surface area is 91.6 Å². The number of amides is 1. The normalized spacial score (nSPS) is 12.0. The van der Waals surface area contributed by atoms with Crippen LogP contribution in [-0.2, 0) is 14.3 Å². The topological polar surface area (TPSA) is 46.6 Å². The highest BCUT2D eigenvalue weighted by molar-refractivity contribution is 5.83. The molecule has 0 aromatic heterocycles. The molecule has 0 aliphatic heterocycles. The third kappa shape index (κ3) is 4.81. The van der Waals surface area contributed by atoms with Crippen LogP contribution < -0.4 is 0 Å². The van der Waals surface area contributed by atoms with Crippen LogP contribution in [0.1, 0.15) is 40.5 Å². The number of carbonyl (C=O) groups excluding carboxylic acids is 2. The van der Waals surface area contributed by atoms with E-state index in [4.69, 9.17) is 4.74 Å². The average Bonchev–Trinajstić information content (AvgIpc) is 2.19. The second kappa shape index (κ2) is 7.26. The number of ether oxygens (including phenoxy) is 1. The van der Waals surface area contributed by atoms with E-state index < -0.39 is 6.10 Å². The van der Waals surface area contributed by atoms with Gasteiger partial charge in [0.2, 0.25) is 0 Å². The first-order chi connectivity index (χ1) is 7.06. The van der Waals surface area contributed by atoms with Gasteiger partial charge in [-0.25, -0.2) is 0 Å². The Morgan fingerprint density at radius 3 is 2.13 bits per heavy atom. The third-order valence-electron chi connectivity index (χ3n) is 2.19. The standard InChI is InChI=1S/C11H21NO3/c1-5-8-10(13)15-9(4)11(14)12(6-2)7-3/h9H,5-8H2,1-4H3/t9-/m0/s1. The average molecular weight is 215 g/mol. The van der Waals surface area contributed by atoms with Gasteiger partial charge in [0.15, 0.2) is 6.10 Å². The van der Waals surface area contributed by atoms with E-state index in [0.29, 0.717) is 19.5 Å². The Morgan fingerprint density at radius 2 is 1.73 bits per heavy atom. The van der Waals surface area contributed by atoms with Crippen molar-refractivity contribution in [3.63, 3.8) is 0 Å². The van der Waals surface area contributed by atoms with Crippen molar-refractivity contribution >= 4 is 11.9 Å². The van der Waals surface area contributed by atoms with Gasteiger partial charge >= 0.3 is 5.97 Å². The van der Waals surface area contributed by atoms with Crippen molar-refractivity contribution in [1.29, 1.82) is 0 Å². The van der Waals surface area contributed by atoms with Crippen LogP contribution in [0.15, 0.2) is 0 Å². The highest BCUT2D eigenvalue weighted by Gasteiger charge is 2.21. The highest BCUT2D eigenvalue weighted by Crippen LogP contribution is 2.02. The van der Waals surface area contributed by atoms with Gasteiger partial charge in [-0.1, -0.05) is 6.92 Å². The Bertz CT molecular complexity index is 212. The van der Waals surface area contributed by atoms with Gasteiger partial charge in [0.25, 0.3) is 5.91 Å². The first kappa shape index (κ1) is 13.9. The highest BCUT2D eigenvalue weighted by atomic mass is 16.5. The molecule has 88 valence electrons. The zero-order valence-corrected chi connectivity index (χ0v) is 10.1. The SMILES string of the molecule is CCCC(=O)O[C@@H](C)C(=O)N(CC)CC. The molecule has 0 radical (unpaired) electrons. The lowest BCUT2D eigenvalue weighted by Crippen LogP contribution is -2.39. The fourth-order valence-corrected chi connectivity index (χ4v) is 1.30. The minimum atomic E-state index is -0.663. The van der Waals surface area contributed by atoms with Crippen molar-refractivity contribution in [3.8, 4) is 0 Å². The van der Waals surface area contributed by atoms with Crippen LogP contribution in [0, 0.1) is 0 Å². The van der Waals surface area contributed by atoms with Crippen molar-refractivity contribution in [3.05, 3.63) is 0 Å². The summed E-state index contributed by atoms with van der Waals surface area (Å²) in [6, 6.07) is 0. The Balaban J connectivity index is 4.13. The summed E-state index contributed by atoms with van der Waals surface area (Å²) in [6.45, 7) is 8.62. The number of carbonyl (C=O) groups is 2. The van der Waals surface area contributed by atoms with Crippen LogP contribution in [0.3, 0.4) is 0 Å². The van der Waals surface area contributed by atoms with E-state index >= 15 is 0 Å². The fraction of sp³-hybridized carbons (Fsp3) is 0.818. The number of nitrogens with zero attached hydrogens (tertiary/aromatic N) is 1. The van der Waals surface area contributed by atoms with Crippen LogP contribution in [-0.4, -0.2) is 36.0 Å². The lowest BCUT2D eigenvalue weighted by Gasteiger charge is -2.22. The minimum absolute atomic E-state index is 0.121. The maximum Gasteiger partial charge on any atom is 0.306 e. The van der Waals surface area contributed by atoms with Gasteiger partial charge in [0, 0.05) is 19.5 Å². The molecule has 0 aromatic rings. The van der Waals surface area contributed by atoms with Crippen molar-refractivity contribution in [2.24, 2.45) is 0 Å². The van der Waals surface area contributed by atoms with Gasteiger partial charge in [-0.05, 0) is 27.2 Å². The molecular formula is C11H21NO3. The van der Waals surface area contributed by atoms with Crippen molar-refractivity contribution < 1.29 is 14.3 Å². The summed E-state index contributed by atoms with van der Waals surface area (Å²) in [5.74, 6) is -0.421. The van der Waals surface area contributed by atoms with E-state index in [2.05, 4.69) is 0 Å². The molecule has 4 nitrogen and oxygen atoms in total. The summed E-state index contributed by atoms with van der Waals surface area (Å²) < 4.78 is 5.01. The van der Waals surface area contributed by atoms with Gasteiger partial charge in [-0.15, -0.1) is 0 Å². The number of rotatable bonds is 6. The van der Waals surface area contributed by atoms with E-state index in [9.17, 15) is 9.59 Å². The Morgan fingerprint density at radius 1 is 1.20 bits per heavy atom. The number of hydrogen-bond acceptors (Lipinski definition) is 3. The molecular weight excluding hydrogens is 194 g/mol. The molecule has 0 saturated carbocycles. The maximum absolute atomic E-state index is 11.7. The molecule has 0 fully saturated rings. The predicted octanol–water partition coefficient (Wildman–Crippen LogP) is 1.59. The van der Waals surface area contributed by atoms with Crippen LogP contribution in [0.5, 0.6) is 0 Å². The lowest BCUT2D eigenvalue weighted by molar-refractivity contribution is -0.159. The molecule has 0 saturated heterocycles. The molecule has 0 aliphatic carbocycles. The summed E-state index contributed by atoms with van der Waals surface area (Å²) in [4.78, 5) is 24.5. The molecule has 1 amide bonds. The molecule has 15 heavy (non-hydrogen) atoms. The number of esters is 1. The second-order valence-electron chi connectivity index (χ2n) is 3.39. The summed E-state index contributed by atoms with van der Waals surface area (Å²) in [5, 5.41) is 0. The van der Waals surface area contributed by atoms with Gasteiger partial charge in [0.1, 0.15) is 0 Å². The second-order valence-corrected chi connectivity index (χ2v) is 3.39. The van der Waals surface area contributed by atoms with E-state index in [1.807, 2.05) is 20.8 Å². The van der Waals surface area contributed by atoms with Gasteiger partial charge in [-0.3, -0.25) is 9.59 Å². The van der Waals surface area contributed by atoms with E-state index in [1.165, 1.54) is 0 Å². The van der Waals surface area contributed by atoms with E-state index in [0.717, 1.165) is 6.42 Å². The lowest BCUT2D eigenvalue weighted by atomic mass is 10.3. The predicted molar refractivity (Wildman–Crippen MR) is 58.4 cm³/mol. The minimum Gasteiger partial charge on any atom is -0.453 e.